The number of rotatable bonds is 3. The number of aliphatic carboxylic acids is 1. The van der Waals surface area contributed by atoms with E-state index >= 15 is 0 Å². The van der Waals surface area contributed by atoms with Crippen LogP contribution in [0.5, 0.6) is 0 Å². The van der Waals surface area contributed by atoms with Gasteiger partial charge in [0.15, 0.2) is 0 Å². The van der Waals surface area contributed by atoms with Crippen molar-refractivity contribution < 1.29 is 14.6 Å². The lowest BCUT2D eigenvalue weighted by atomic mass is 10.0. The number of methoxy groups -OCH3 is 1. The Labute approximate surface area is 65.5 Å². The molecular weight excluding hydrogens is 146 g/mol. The molecule has 0 aromatic heterocycles. The van der Waals surface area contributed by atoms with Crippen LogP contribution in [0.4, 0.5) is 0 Å². The van der Waals surface area contributed by atoms with E-state index in [-0.39, 0.29) is 5.92 Å². The monoisotopic (exact) mass is 159 g/mol. The molecule has 1 fully saturated rings. The number of carbonyl (C=O) groups is 1. The zero-order valence-corrected chi connectivity index (χ0v) is 6.54. The highest BCUT2D eigenvalue weighted by atomic mass is 16.5. The van der Waals surface area contributed by atoms with E-state index < -0.39 is 12.0 Å². The van der Waals surface area contributed by atoms with Gasteiger partial charge in [-0.1, -0.05) is 0 Å². The minimum absolute atomic E-state index is 0.137. The van der Waals surface area contributed by atoms with Crippen molar-refractivity contribution in [1.82, 2.24) is 5.32 Å². The van der Waals surface area contributed by atoms with Crippen molar-refractivity contribution in [1.29, 1.82) is 0 Å². The van der Waals surface area contributed by atoms with Crippen LogP contribution in [0.15, 0.2) is 0 Å². The van der Waals surface area contributed by atoms with Gasteiger partial charge in [0.1, 0.15) is 6.04 Å². The second-order valence-corrected chi connectivity index (χ2v) is 2.77. The zero-order valence-electron chi connectivity index (χ0n) is 6.54. The fourth-order valence-electron chi connectivity index (χ4n) is 1.44. The SMILES string of the molecule is COC[C@@H]1CCN[C@@H]1C(=O)O. The van der Waals surface area contributed by atoms with Crippen molar-refractivity contribution in [3.63, 3.8) is 0 Å². The van der Waals surface area contributed by atoms with E-state index in [0.29, 0.717) is 6.61 Å². The fraction of sp³-hybridized carbons (Fsp3) is 0.857. The van der Waals surface area contributed by atoms with Crippen LogP contribution < -0.4 is 5.32 Å². The minimum atomic E-state index is -0.774. The normalized spacial score (nSPS) is 30.6. The molecule has 0 radical (unpaired) electrons. The van der Waals surface area contributed by atoms with Gasteiger partial charge >= 0.3 is 5.97 Å². The van der Waals surface area contributed by atoms with Gasteiger partial charge in [0, 0.05) is 13.0 Å². The first-order valence-corrected chi connectivity index (χ1v) is 3.71. The van der Waals surface area contributed by atoms with Crippen LogP contribution in [-0.2, 0) is 9.53 Å². The average Bonchev–Trinajstić information content (AvgIpc) is 2.36. The molecule has 4 heteroatoms. The molecule has 0 aromatic carbocycles. The van der Waals surface area contributed by atoms with Crippen LogP contribution >= 0.6 is 0 Å². The molecule has 64 valence electrons. The third-order valence-electron chi connectivity index (χ3n) is 2.00. The van der Waals surface area contributed by atoms with Crippen LogP contribution in [-0.4, -0.2) is 37.4 Å². The van der Waals surface area contributed by atoms with E-state index in [4.69, 9.17) is 9.84 Å². The molecule has 0 unspecified atom stereocenters. The van der Waals surface area contributed by atoms with Gasteiger partial charge < -0.3 is 15.2 Å². The third kappa shape index (κ3) is 1.91. The number of ether oxygens (including phenoxy) is 1. The molecule has 11 heavy (non-hydrogen) atoms. The Morgan fingerprint density at radius 2 is 2.55 bits per heavy atom. The third-order valence-corrected chi connectivity index (χ3v) is 2.00. The van der Waals surface area contributed by atoms with Gasteiger partial charge in [-0.2, -0.15) is 0 Å². The van der Waals surface area contributed by atoms with Crippen molar-refractivity contribution in [2.45, 2.75) is 12.5 Å². The molecular formula is C7H13NO3. The van der Waals surface area contributed by atoms with Crippen molar-refractivity contribution in [2.24, 2.45) is 5.92 Å². The van der Waals surface area contributed by atoms with Crippen LogP contribution in [0.3, 0.4) is 0 Å². The highest BCUT2D eigenvalue weighted by Gasteiger charge is 2.31. The lowest BCUT2D eigenvalue weighted by Crippen LogP contribution is -2.36. The van der Waals surface area contributed by atoms with Gasteiger partial charge in [0.2, 0.25) is 0 Å². The summed E-state index contributed by atoms with van der Waals surface area (Å²) >= 11 is 0. The summed E-state index contributed by atoms with van der Waals surface area (Å²) in [5.41, 5.74) is 0. The summed E-state index contributed by atoms with van der Waals surface area (Å²) in [5, 5.41) is 11.6. The van der Waals surface area contributed by atoms with Gasteiger partial charge in [-0.3, -0.25) is 4.79 Å². The molecule has 0 aliphatic carbocycles. The van der Waals surface area contributed by atoms with Gasteiger partial charge in [-0.25, -0.2) is 0 Å². The van der Waals surface area contributed by atoms with E-state index in [1.54, 1.807) is 7.11 Å². The molecule has 0 spiro atoms. The van der Waals surface area contributed by atoms with Crippen LogP contribution in [0, 0.1) is 5.92 Å². The number of nitrogens with one attached hydrogen (secondary N) is 1. The first-order chi connectivity index (χ1) is 5.25. The van der Waals surface area contributed by atoms with Crippen LogP contribution in [0.1, 0.15) is 6.42 Å². The maximum absolute atomic E-state index is 10.6. The minimum Gasteiger partial charge on any atom is -0.480 e. The molecule has 0 bridgehead atoms. The zero-order chi connectivity index (χ0) is 8.27. The highest BCUT2D eigenvalue weighted by molar-refractivity contribution is 5.74. The van der Waals surface area contributed by atoms with E-state index in [9.17, 15) is 4.79 Å². The summed E-state index contributed by atoms with van der Waals surface area (Å²) in [6.45, 7) is 1.31. The van der Waals surface area contributed by atoms with E-state index in [2.05, 4.69) is 5.32 Å². The molecule has 1 saturated heterocycles. The van der Waals surface area contributed by atoms with E-state index in [1.807, 2.05) is 0 Å². The number of carboxylic acid groups (broad SMARTS) is 1. The fourth-order valence-corrected chi connectivity index (χ4v) is 1.44. The van der Waals surface area contributed by atoms with Crippen molar-refractivity contribution >= 4 is 5.97 Å². The first kappa shape index (κ1) is 8.49. The average molecular weight is 159 g/mol. The first-order valence-electron chi connectivity index (χ1n) is 3.71. The summed E-state index contributed by atoms with van der Waals surface area (Å²) in [6, 6.07) is -0.407. The Hall–Kier alpha value is -0.610. The highest BCUT2D eigenvalue weighted by Crippen LogP contribution is 2.15. The second kappa shape index (κ2) is 3.69. The second-order valence-electron chi connectivity index (χ2n) is 2.77. The van der Waals surface area contributed by atoms with Crippen molar-refractivity contribution in [3.8, 4) is 0 Å². The maximum Gasteiger partial charge on any atom is 0.321 e. The van der Waals surface area contributed by atoms with Crippen LogP contribution in [0.25, 0.3) is 0 Å². The Bertz CT molecular complexity index is 149. The maximum atomic E-state index is 10.6. The quantitative estimate of drug-likeness (QED) is 0.593. The molecule has 2 atom stereocenters. The largest absolute Gasteiger partial charge is 0.480 e. The number of hydrogen-bond donors (Lipinski definition) is 2. The standard InChI is InChI=1S/C7H13NO3/c1-11-4-5-2-3-8-6(5)7(9)10/h5-6,8H,2-4H2,1H3,(H,9,10)/t5-,6-/m0/s1. The van der Waals surface area contributed by atoms with Gasteiger partial charge in [-0.15, -0.1) is 0 Å². The summed E-state index contributed by atoms with van der Waals surface area (Å²) in [4.78, 5) is 10.6. The lowest BCUT2D eigenvalue weighted by molar-refractivity contribution is -0.140. The predicted octanol–water partition coefficient (Wildman–Crippen LogP) is -0.305. The van der Waals surface area contributed by atoms with Crippen molar-refractivity contribution in [2.75, 3.05) is 20.3 Å². The molecule has 0 aromatic rings. The Kier molecular flexibility index (Phi) is 2.84. The Balaban J connectivity index is 2.44. The van der Waals surface area contributed by atoms with E-state index in [1.165, 1.54) is 0 Å². The van der Waals surface area contributed by atoms with Crippen LogP contribution in [0.2, 0.25) is 0 Å². The molecule has 2 N–H and O–H groups in total. The number of hydrogen-bond acceptors (Lipinski definition) is 3. The summed E-state index contributed by atoms with van der Waals surface area (Å²) in [5.74, 6) is -0.637. The van der Waals surface area contributed by atoms with E-state index in [0.717, 1.165) is 13.0 Å². The molecule has 1 heterocycles. The lowest BCUT2D eigenvalue weighted by Gasteiger charge is -2.13. The Morgan fingerprint density at radius 1 is 1.82 bits per heavy atom. The molecule has 1 rings (SSSR count). The molecule has 0 saturated carbocycles. The van der Waals surface area contributed by atoms with Gasteiger partial charge in [0.25, 0.3) is 0 Å². The summed E-state index contributed by atoms with van der Waals surface area (Å²) < 4.78 is 4.90. The molecule has 4 nitrogen and oxygen atoms in total. The molecule has 1 aliphatic rings. The summed E-state index contributed by atoms with van der Waals surface area (Å²) in [7, 11) is 1.59. The number of carboxylic acids is 1. The predicted molar refractivity (Wildman–Crippen MR) is 39.4 cm³/mol. The topological polar surface area (TPSA) is 58.6 Å². The van der Waals surface area contributed by atoms with Gasteiger partial charge in [0.05, 0.1) is 6.61 Å². The summed E-state index contributed by atoms with van der Waals surface area (Å²) in [6.07, 6.45) is 0.894. The van der Waals surface area contributed by atoms with Gasteiger partial charge in [-0.05, 0) is 13.0 Å². The molecule has 1 aliphatic heterocycles. The smallest absolute Gasteiger partial charge is 0.321 e. The van der Waals surface area contributed by atoms with Crippen molar-refractivity contribution in [3.05, 3.63) is 0 Å². The Morgan fingerprint density at radius 3 is 3.09 bits per heavy atom. The molecule has 0 amide bonds.